The molecule has 0 aromatic heterocycles. The number of aryl methyl sites for hydroxylation is 1. The normalized spacial score (nSPS) is 18.5. The standard InChI is InChI=1S/C14H19NO4S/c1-3-11-4-6-13(7-5-11)20(18,19)15-8-12(9-15)10(2)14(16)17/h4-7,10,12H,3,8-9H2,1-2H3,(H,16,17). The van der Waals surface area contributed by atoms with Gasteiger partial charge in [0, 0.05) is 13.1 Å². The van der Waals surface area contributed by atoms with E-state index in [1.165, 1.54) is 4.31 Å². The van der Waals surface area contributed by atoms with Gasteiger partial charge in [0.05, 0.1) is 10.8 Å². The molecule has 1 saturated heterocycles. The van der Waals surface area contributed by atoms with Crippen molar-refractivity contribution in [3.63, 3.8) is 0 Å². The predicted molar refractivity (Wildman–Crippen MR) is 74.9 cm³/mol. The summed E-state index contributed by atoms with van der Waals surface area (Å²) in [6.45, 7) is 4.19. The predicted octanol–water partition coefficient (Wildman–Crippen LogP) is 1.59. The van der Waals surface area contributed by atoms with Gasteiger partial charge in [0.1, 0.15) is 0 Å². The van der Waals surface area contributed by atoms with Crippen LogP contribution in [0, 0.1) is 11.8 Å². The van der Waals surface area contributed by atoms with Crippen LogP contribution < -0.4 is 0 Å². The summed E-state index contributed by atoms with van der Waals surface area (Å²) < 4.78 is 26.0. The second-order valence-corrected chi connectivity index (χ2v) is 7.14. The maximum atomic E-state index is 12.3. The number of benzene rings is 1. The Bertz CT molecular complexity index is 588. The van der Waals surface area contributed by atoms with Crippen LogP contribution in [0.5, 0.6) is 0 Å². The van der Waals surface area contributed by atoms with Crippen molar-refractivity contribution in [1.82, 2.24) is 4.31 Å². The van der Waals surface area contributed by atoms with Crippen LogP contribution in [0.2, 0.25) is 0 Å². The monoisotopic (exact) mass is 297 g/mol. The van der Waals surface area contributed by atoms with Crippen molar-refractivity contribution >= 4 is 16.0 Å². The van der Waals surface area contributed by atoms with E-state index in [-0.39, 0.29) is 23.9 Å². The molecule has 0 amide bonds. The van der Waals surface area contributed by atoms with Gasteiger partial charge in [-0.3, -0.25) is 4.79 Å². The van der Waals surface area contributed by atoms with Gasteiger partial charge in [-0.2, -0.15) is 4.31 Å². The molecule has 5 nitrogen and oxygen atoms in total. The molecule has 6 heteroatoms. The molecule has 110 valence electrons. The van der Waals surface area contributed by atoms with Crippen molar-refractivity contribution in [3.05, 3.63) is 29.8 Å². The molecule has 1 aromatic carbocycles. The van der Waals surface area contributed by atoms with E-state index in [4.69, 9.17) is 5.11 Å². The lowest BCUT2D eigenvalue weighted by Gasteiger charge is -2.39. The fraction of sp³-hybridized carbons (Fsp3) is 0.500. The Hall–Kier alpha value is -1.40. The molecule has 20 heavy (non-hydrogen) atoms. The van der Waals surface area contributed by atoms with E-state index in [0.717, 1.165) is 12.0 Å². The highest BCUT2D eigenvalue weighted by atomic mass is 32.2. The number of carbonyl (C=O) groups is 1. The van der Waals surface area contributed by atoms with E-state index in [0.29, 0.717) is 0 Å². The first-order chi connectivity index (χ1) is 9.36. The van der Waals surface area contributed by atoms with Crippen LogP contribution in [0.4, 0.5) is 0 Å². The van der Waals surface area contributed by atoms with E-state index in [1.54, 1.807) is 19.1 Å². The first-order valence-corrected chi connectivity index (χ1v) is 8.12. The van der Waals surface area contributed by atoms with E-state index in [1.807, 2.05) is 19.1 Å². The van der Waals surface area contributed by atoms with E-state index in [2.05, 4.69) is 0 Å². The Morgan fingerprint density at radius 3 is 2.35 bits per heavy atom. The smallest absolute Gasteiger partial charge is 0.306 e. The van der Waals surface area contributed by atoms with Crippen molar-refractivity contribution in [3.8, 4) is 0 Å². The average molecular weight is 297 g/mol. The topological polar surface area (TPSA) is 74.7 Å². The molecule has 1 aliphatic heterocycles. The lowest BCUT2D eigenvalue weighted by molar-refractivity contribution is -0.144. The average Bonchev–Trinajstić information content (AvgIpc) is 2.36. The number of sulfonamides is 1. The largest absolute Gasteiger partial charge is 0.481 e. The van der Waals surface area contributed by atoms with Crippen molar-refractivity contribution < 1.29 is 18.3 Å². The molecule has 1 fully saturated rings. The van der Waals surface area contributed by atoms with Gasteiger partial charge in [0.2, 0.25) is 10.0 Å². The fourth-order valence-corrected chi connectivity index (χ4v) is 3.78. The zero-order chi connectivity index (χ0) is 14.9. The third kappa shape index (κ3) is 2.71. The van der Waals surface area contributed by atoms with Gasteiger partial charge in [-0.25, -0.2) is 8.42 Å². The van der Waals surface area contributed by atoms with E-state index in [9.17, 15) is 13.2 Å². The summed E-state index contributed by atoms with van der Waals surface area (Å²) in [6, 6.07) is 6.85. The Balaban J connectivity index is 2.07. The lowest BCUT2D eigenvalue weighted by atomic mass is 9.89. The molecule has 0 saturated carbocycles. The molecule has 0 radical (unpaired) electrons. The van der Waals surface area contributed by atoms with Crippen LogP contribution in [0.15, 0.2) is 29.2 Å². The van der Waals surface area contributed by atoms with Gasteiger partial charge in [0.15, 0.2) is 0 Å². The lowest BCUT2D eigenvalue weighted by Crippen LogP contribution is -2.53. The number of hydrogen-bond acceptors (Lipinski definition) is 3. The van der Waals surface area contributed by atoms with Gasteiger partial charge < -0.3 is 5.11 Å². The molecule has 0 spiro atoms. The molecular formula is C14H19NO4S. The number of rotatable bonds is 5. The Labute approximate surface area is 119 Å². The number of carboxylic acid groups (broad SMARTS) is 1. The molecule has 1 heterocycles. The molecule has 1 N–H and O–H groups in total. The number of nitrogens with zero attached hydrogens (tertiary/aromatic N) is 1. The van der Waals surface area contributed by atoms with E-state index < -0.39 is 21.9 Å². The summed E-state index contributed by atoms with van der Waals surface area (Å²) in [7, 11) is -3.48. The van der Waals surface area contributed by atoms with Gasteiger partial charge >= 0.3 is 5.97 Å². The van der Waals surface area contributed by atoms with Crippen molar-refractivity contribution in [2.45, 2.75) is 25.2 Å². The molecule has 2 rings (SSSR count). The van der Waals surface area contributed by atoms with E-state index >= 15 is 0 Å². The van der Waals surface area contributed by atoms with Crippen molar-refractivity contribution in [1.29, 1.82) is 0 Å². The van der Waals surface area contributed by atoms with Crippen molar-refractivity contribution in [2.75, 3.05) is 13.1 Å². The Kier molecular flexibility index (Phi) is 4.15. The Morgan fingerprint density at radius 2 is 1.90 bits per heavy atom. The zero-order valence-electron chi connectivity index (χ0n) is 11.6. The molecule has 1 unspecified atom stereocenters. The summed E-state index contributed by atoms with van der Waals surface area (Å²) in [4.78, 5) is 11.1. The van der Waals surface area contributed by atoms with Gasteiger partial charge in [0.25, 0.3) is 0 Å². The molecule has 0 bridgehead atoms. The second-order valence-electron chi connectivity index (χ2n) is 5.21. The zero-order valence-corrected chi connectivity index (χ0v) is 12.4. The van der Waals surface area contributed by atoms with Crippen LogP contribution in [-0.2, 0) is 21.2 Å². The van der Waals surface area contributed by atoms with Crippen LogP contribution in [0.3, 0.4) is 0 Å². The summed E-state index contributed by atoms with van der Waals surface area (Å²) in [6.07, 6.45) is 0.863. The van der Waals surface area contributed by atoms with Crippen LogP contribution >= 0.6 is 0 Å². The number of carboxylic acids is 1. The van der Waals surface area contributed by atoms with Gasteiger partial charge in [-0.1, -0.05) is 26.0 Å². The molecule has 0 aliphatic carbocycles. The third-order valence-electron chi connectivity index (χ3n) is 3.94. The molecule has 1 aromatic rings. The fourth-order valence-electron chi connectivity index (χ4n) is 2.23. The number of hydrogen-bond donors (Lipinski definition) is 1. The first kappa shape index (κ1) is 15.0. The minimum atomic E-state index is -3.48. The maximum Gasteiger partial charge on any atom is 0.306 e. The minimum Gasteiger partial charge on any atom is -0.481 e. The minimum absolute atomic E-state index is 0.0998. The van der Waals surface area contributed by atoms with Crippen LogP contribution in [0.1, 0.15) is 19.4 Å². The summed E-state index contributed by atoms with van der Waals surface area (Å²) in [5.41, 5.74) is 1.09. The summed E-state index contributed by atoms with van der Waals surface area (Å²) in [5.74, 6) is -1.49. The van der Waals surface area contributed by atoms with Gasteiger partial charge in [-0.15, -0.1) is 0 Å². The summed E-state index contributed by atoms with van der Waals surface area (Å²) in [5, 5.41) is 8.91. The molecule has 1 atom stereocenters. The SMILES string of the molecule is CCc1ccc(S(=O)(=O)N2CC(C(C)C(=O)O)C2)cc1. The van der Waals surface area contributed by atoms with Gasteiger partial charge in [-0.05, 0) is 30.0 Å². The second kappa shape index (κ2) is 5.54. The van der Waals surface area contributed by atoms with Crippen molar-refractivity contribution in [2.24, 2.45) is 11.8 Å². The third-order valence-corrected chi connectivity index (χ3v) is 5.79. The number of aliphatic carboxylic acids is 1. The maximum absolute atomic E-state index is 12.3. The van der Waals surface area contributed by atoms with Crippen LogP contribution in [0.25, 0.3) is 0 Å². The molecular weight excluding hydrogens is 278 g/mol. The first-order valence-electron chi connectivity index (χ1n) is 6.68. The summed E-state index contributed by atoms with van der Waals surface area (Å²) >= 11 is 0. The quantitative estimate of drug-likeness (QED) is 0.895. The Morgan fingerprint density at radius 1 is 1.35 bits per heavy atom. The van der Waals surface area contributed by atoms with Crippen LogP contribution in [-0.4, -0.2) is 36.9 Å². The highest BCUT2D eigenvalue weighted by Crippen LogP contribution is 2.29. The molecule has 1 aliphatic rings. The highest BCUT2D eigenvalue weighted by Gasteiger charge is 2.41. The highest BCUT2D eigenvalue weighted by molar-refractivity contribution is 7.89.